The maximum absolute atomic E-state index is 10.9. The van der Waals surface area contributed by atoms with Gasteiger partial charge >= 0.3 is 5.97 Å². The second-order valence-corrected chi connectivity index (χ2v) is 4.10. The fraction of sp³-hybridized carbons (Fsp3) is 0.143. The fourth-order valence-corrected chi connectivity index (χ4v) is 1.60. The van der Waals surface area contributed by atoms with Gasteiger partial charge in [0.25, 0.3) is 0 Å². The summed E-state index contributed by atoms with van der Waals surface area (Å²) in [5.74, 6) is -0.865. The predicted octanol–water partition coefficient (Wildman–Crippen LogP) is 2.37. The van der Waals surface area contributed by atoms with Gasteiger partial charge in [0.05, 0.1) is 11.9 Å². The molecule has 0 aliphatic heterocycles. The molecule has 0 aliphatic rings. The molecule has 0 fully saturated rings. The highest BCUT2D eigenvalue weighted by atomic mass is 16.5. The molecule has 0 radical (unpaired) electrons. The Morgan fingerprint density at radius 1 is 1.37 bits per heavy atom. The summed E-state index contributed by atoms with van der Waals surface area (Å²) >= 11 is 0. The molecule has 0 aliphatic carbocycles. The Bertz CT molecular complexity index is 610. The van der Waals surface area contributed by atoms with Crippen molar-refractivity contribution < 1.29 is 19.7 Å². The third-order valence-corrected chi connectivity index (χ3v) is 2.55. The summed E-state index contributed by atoms with van der Waals surface area (Å²) in [4.78, 5) is 14.8. The van der Waals surface area contributed by atoms with E-state index in [0.29, 0.717) is 11.4 Å². The summed E-state index contributed by atoms with van der Waals surface area (Å²) in [7, 11) is 0. The van der Waals surface area contributed by atoms with Crippen LogP contribution in [-0.4, -0.2) is 21.2 Å². The summed E-state index contributed by atoms with van der Waals surface area (Å²) in [6, 6.07) is 8.81. The number of aromatic nitrogens is 1. The van der Waals surface area contributed by atoms with Crippen molar-refractivity contribution in [1.29, 1.82) is 0 Å². The lowest BCUT2D eigenvalue weighted by atomic mass is 10.2. The molecule has 98 valence electrons. The van der Waals surface area contributed by atoms with Crippen molar-refractivity contribution in [1.82, 2.24) is 4.98 Å². The Morgan fingerprint density at radius 3 is 2.84 bits per heavy atom. The number of carbonyl (C=O) groups is 1. The first-order chi connectivity index (χ1) is 9.06. The molecule has 2 rings (SSSR count). The van der Waals surface area contributed by atoms with Gasteiger partial charge < -0.3 is 14.9 Å². The highest BCUT2D eigenvalue weighted by Gasteiger charge is 2.11. The maximum atomic E-state index is 10.9. The number of aromatic carboxylic acids is 1. The van der Waals surface area contributed by atoms with Gasteiger partial charge in [-0.25, -0.2) is 4.79 Å². The molecule has 2 N–H and O–H groups in total. The van der Waals surface area contributed by atoms with Crippen LogP contribution in [0.25, 0.3) is 0 Å². The second kappa shape index (κ2) is 5.39. The lowest BCUT2D eigenvalue weighted by Crippen LogP contribution is -2.03. The zero-order chi connectivity index (χ0) is 13.8. The van der Waals surface area contributed by atoms with Gasteiger partial charge in [-0.15, -0.1) is 0 Å². The predicted molar refractivity (Wildman–Crippen MR) is 68.4 cm³/mol. The van der Waals surface area contributed by atoms with E-state index in [2.05, 4.69) is 4.98 Å². The molecule has 0 saturated heterocycles. The Hall–Kier alpha value is -2.56. The van der Waals surface area contributed by atoms with E-state index in [0.717, 1.165) is 11.8 Å². The number of aromatic hydroxyl groups is 1. The molecular weight excluding hydrogens is 246 g/mol. The molecule has 1 heterocycles. The van der Waals surface area contributed by atoms with Crippen molar-refractivity contribution in [3.05, 3.63) is 53.3 Å². The molecule has 5 heteroatoms. The van der Waals surface area contributed by atoms with Crippen molar-refractivity contribution in [3.63, 3.8) is 0 Å². The minimum absolute atomic E-state index is 0.143. The summed E-state index contributed by atoms with van der Waals surface area (Å²) < 4.78 is 5.51. The van der Waals surface area contributed by atoms with Crippen LogP contribution in [0.4, 0.5) is 0 Å². The van der Waals surface area contributed by atoms with Gasteiger partial charge in [0.15, 0.2) is 0 Å². The Morgan fingerprint density at radius 2 is 2.16 bits per heavy atom. The molecular formula is C14H13NO4. The minimum Gasteiger partial charge on any atom is -0.505 e. The molecule has 0 bridgehead atoms. The number of hydrogen-bond donors (Lipinski definition) is 2. The first-order valence-corrected chi connectivity index (χ1v) is 5.67. The number of nitrogens with zero attached hydrogens (tertiary/aromatic N) is 1. The molecule has 1 aromatic heterocycles. The Kier molecular flexibility index (Phi) is 3.66. The molecule has 0 atom stereocenters. The van der Waals surface area contributed by atoms with Crippen LogP contribution in [0, 0.1) is 6.92 Å². The summed E-state index contributed by atoms with van der Waals surface area (Å²) in [6.45, 7) is 2.10. The van der Waals surface area contributed by atoms with E-state index in [1.54, 1.807) is 0 Å². The summed E-state index contributed by atoms with van der Waals surface area (Å²) in [6.07, 6.45) is 1.11. The summed E-state index contributed by atoms with van der Waals surface area (Å²) in [5, 5.41) is 18.2. The van der Waals surface area contributed by atoms with E-state index in [4.69, 9.17) is 9.84 Å². The van der Waals surface area contributed by atoms with Crippen molar-refractivity contribution >= 4 is 5.97 Å². The average molecular weight is 259 g/mol. The van der Waals surface area contributed by atoms with E-state index >= 15 is 0 Å². The van der Waals surface area contributed by atoms with Gasteiger partial charge in [-0.05, 0) is 30.7 Å². The van der Waals surface area contributed by atoms with Gasteiger partial charge in [-0.1, -0.05) is 12.1 Å². The van der Waals surface area contributed by atoms with Crippen LogP contribution in [0.1, 0.15) is 21.6 Å². The van der Waals surface area contributed by atoms with Crippen LogP contribution in [0.3, 0.4) is 0 Å². The minimum atomic E-state index is -1.20. The monoisotopic (exact) mass is 259 g/mol. The average Bonchev–Trinajstić information content (AvgIpc) is 2.37. The second-order valence-electron chi connectivity index (χ2n) is 4.10. The van der Waals surface area contributed by atoms with Gasteiger partial charge in [-0.2, -0.15) is 0 Å². The number of benzene rings is 1. The molecule has 0 saturated carbocycles. The van der Waals surface area contributed by atoms with E-state index in [1.165, 1.54) is 6.07 Å². The lowest BCUT2D eigenvalue weighted by molar-refractivity contribution is 0.0693. The number of carboxylic acids is 1. The number of rotatable bonds is 4. The third kappa shape index (κ3) is 3.22. The van der Waals surface area contributed by atoms with Crippen LogP contribution in [0.15, 0.2) is 36.5 Å². The molecule has 0 amide bonds. The lowest BCUT2D eigenvalue weighted by Gasteiger charge is -2.07. The van der Waals surface area contributed by atoms with Gasteiger partial charge in [0.2, 0.25) is 0 Å². The van der Waals surface area contributed by atoms with Gasteiger partial charge in [-0.3, -0.25) is 4.98 Å². The van der Waals surface area contributed by atoms with E-state index in [9.17, 15) is 9.90 Å². The first kappa shape index (κ1) is 12.9. The fourth-order valence-electron chi connectivity index (χ4n) is 1.60. The topological polar surface area (TPSA) is 79.7 Å². The van der Waals surface area contributed by atoms with Crippen molar-refractivity contribution in [2.45, 2.75) is 13.5 Å². The van der Waals surface area contributed by atoms with E-state index in [1.807, 2.05) is 31.2 Å². The van der Waals surface area contributed by atoms with Crippen LogP contribution < -0.4 is 4.74 Å². The highest BCUT2D eigenvalue weighted by Crippen LogP contribution is 2.18. The number of hydrogen-bond acceptors (Lipinski definition) is 4. The molecule has 0 unspecified atom stereocenters. The number of pyridine rings is 1. The largest absolute Gasteiger partial charge is 0.505 e. The SMILES string of the molecule is Cc1cccc(OCc2cc(C(=O)O)c(O)cn2)c1. The van der Waals surface area contributed by atoms with E-state index < -0.39 is 5.97 Å². The number of aryl methyl sites for hydroxylation is 1. The zero-order valence-corrected chi connectivity index (χ0v) is 10.3. The van der Waals surface area contributed by atoms with Crippen LogP contribution in [0.5, 0.6) is 11.5 Å². The molecule has 0 spiro atoms. The van der Waals surface area contributed by atoms with Crippen molar-refractivity contribution in [2.24, 2.45) is 0 Å². The van der Waals surface area contributed by atoms with Gasteiger partial charge in [0.1, 0.15) is 23.7 Å². The Labute approximate surface area is 110 Å². The number of carboxylic acid groups (broad SMARTS) is 1. The third-order valence-electron chi connectivity index (χ3n) is 2.55. The summed E-state index contributed by atoms with van der Waals surface area (Å²) in [5.41, 5.74) is 1.33. The van der Waals surface area contributed by atoms with Crippen LogP contribution in [-0.2, 0) is 6.61 Å². The molecule has 1 aromatic carbocycles. The quantitative estimate of drug-likeness (QED) is 0.881. The molecule has 2 aromatic rings. The van der Waals surface area contributed by atoms with Gasteiger partial charge in [0, 0.05) is 0 Å². The van der Waals surface area contributed by atoms with Crippen molar-refractivity contribution in [2.75, 3.05) is 0 Å². The van der Waals surface area contributed by atoms with Crippen molar-refractivity contribution in [3.8, 4) is 11.5 Å². The standard InChI is InChI=1S/C14H13NO4/c1-9-3-2-4-11(5-9)19-8-10-6-12(14(17)18)13(16)7-15-10/h2-7,16H,8H2,1H3,(H,17,18). The smallest absolute Gasteiger partial charge is 0.339 e. The number of ether oxygens (including phenoxy) is 1. The maximum Gasteiger partial charge on any atom is 0.339 e. The van der Waals surface area contributed by atoms with Crippen LogP contribution in [0.2, 0.25) is 0 Å². The molecule has 5 nitrogen and oxygen atoms in total. The zero-order valence-electron chi connectivity index (χ0n) is 10.3. The molecule has 19 heavy (non-hydrogen) atoms. The first-order valence-electron chi connectivity index (χ1n) is 5.67. The van der Waals surface area contributed by atoms with Crippen LogP contribution >= 0.6 is 0 Å². The normalized spacial score (nSPS) is 10.2. The van der Waals surface area contributed by atoms with E-state index in [-0.39, 0.29) is 17.9 Å². The highest BCUT2D eigenvalue weighted by molar-refractivity contribution is 5.90. The Balaban J connectivity index is 2.12.